The van der Waals surface area contributed by atoms with Crippen molar-refractivity contribution in [3.63, 3.8) is 0 Å². The lowest BCUT2D eigenvalue weighted by Gasteiger charge is -2.32. The predicted octanol–water partition coefficient (Wildman–Crippen LogP) is 2.50. The van der Waals surface area contributed by atoms with Gasteiger partial charge in [0.25, 0.3) is 5.56 Å². The molecule has 0 bridgehead atoms. The number of anilines is 2. The Kier molecular flexibility index (Phi) is 5.25. The number of piperidine rings is 1. The Balaban J connectivity index is 1.34. The number of carbonyl (C=O) groups is 1. The minimum Gasteiger partial charge on any atom is -0.346 e. The van der Waals surface area contributed by atoms with Gasteiger partial charge in [0.1, 0.15) is 0 Å². The van der Waals surface area contributed by atoms with Crippen molar-refractivity contribution in [3.8, 4) is 0 Å². The molecule has 146 valence electrons. The summed E-state index contributed by atoms with van der Waals surface area (Å²) in [6, 6.07) is 8.92. The third-order valence-corrected chi connectivity index (χ3v) is 5.79. The van der Waals surface area contributed by atoms with E-state index < -0.39 is 0 Å². The van der Waals surface area contributed by atoms with E-state index in [0.717, 1.165) is 42.3 Å². The summed E-state index contributed by atoms with van der Waals surface area (Å²) in [4.78, 5) is 31.0. The Morgan fingerprint density at radius 3 is 2.89 bits per heavy atom. The second-order valence-electron chi connectivity index (χ2n) is 7.02. The van der Waals surface area contributed by atoms with Gasteiger partial charge in [-0.3, -0.25) is 4.79 Å². The number of benzene rings is 1. The van der Waals surface area contributed by atoms with Gasteiger partial charge >= 0.3 is 6.03 Å². The summed E-state index contributed by atoms with van der Waals surface area (Å²) in [5.41, 5.74) is 1.76. The highest BCUT2D eigenvalue weighted by atomic mass is 32.1. The number of nitrogens with zero attached hydrogens (tertiary/aromatic N) is 4. The van der Waals surface area contributed by atoms with E-state index in [1.807, 2.05) is 31.2 Å². The number of amides is 2. The van der Waals surface area contributed by atoms with Crippen LogP contribution in [0.5, 0.6) is 0 Å². The highest BCUT2D eigenvalue weighted by molar-refractivity contribution is 7.20. The van der Waals surface area contributed by atoms with Crippen LogP contribution in [0, 0.1) is 12.8 Å². The molecular formula is C19H22N6O2S. The Hall–Kier alpha value is -2.94. The molecule has 1 aliphatic rings. The molecule has 1 fully saturated rings. The first kappa shape index (κ1) is 18.4. The first-order chi connectivity index (χ1) is 13.6. The van der Waals surface area contributed by atoms with Crippen molar-refractivity contribution < 1.29 is 4.79 Å². The van der Waals surface area contributed by atoms with Crippen LogP contribution in [0.1, 0.15) is 18.4 Å². The molecule has 4 rings (SSSR count). The fraction of sp³-hybridized carbons (Fsp3) is 0.368. The van der Waals surface area contributed by atoms with Gasteiger partial charge in [0.2, 0.25) is 10.1 Å². The van der Waals surface area contributed by atoms with Crippen LogP contribution in [0.2, 0.25) is 0 Å². The molecule has 1 atom stereocenters. The SMILES string of the molecule is Cc1ccc(NC(=O)NCC2CCCN(c3nn4c(=O)ccnc4s3)C2)cc1. The van der Waals surface area contributed by atoms with Gasteiger partial charge in [0.15, 0.2) is 0 Å². The van der Waals surface area contributed by atoms with Crippen LogP contribution in [0.4, 0.5) is 15.6 Å². The van der Waals surface area contributed by atoms with Gasteiger partial charge in [-0.15, -0.1) is 5.10 Å². The number of rotatable bonds is 4. The van der Waals surface area contributed by atoms with Crippen LogP contribution < -0.4 is 21.1 Å². The maximum atomic E-state index is 12.2. The third kappa shape index (κ3) is 4.14. The molecular weight excluding hydrogens is 376 g/mol. The molecule has 1 unspecified atom stereocenters. The van der Waals surface area contributed by atoms with Gasteiger partial charge in [0.05, 0.1) is 0 Å². The molecule has 8 nitrogen and oxygen atoms in total. The molecule has 2 aromatic heterocycles. The number of carbonyl (C=O) groups excluding carboxylic acids is 1. The zero-order valence-electron chi connectivity index (χ0n) is 15.6. The zero-order valence-corrected chi connectivity index (χ0v) is 16.4. The van der Waals surface area contributed by atoms with Crippen molar-refractivity contribution in [1.82, 2.24) is 19.9 Å². The molecule has 0 aliphatic carbocycles. The molecule has 9 heteroatoms. The number of hydrogen-bond donors (Lipinski definition) is 2. The summed E-state index contributed by atoms with van der Waals surface area (Å²) in [6.07, 6.45) is 3.57. The summed E-state index contributed by atoms with van der Waals surface area (Å²) >= 11 is 1.41. The van der Waals surface area contributed by atoms with Crippen LogP contribution in [-0.4, -0.2) is 40.3 Å². The first-order valence-corrected chi connectivity index (χ1v) is 10.1. The lowest BCUT2D eigenvalue weighted by Crippen LogP contribution is -2.42. The van der Waals surface area contributed by atoms with Gasteiger partial charge in [-0.1, -0.05) is 29.0 Å². The van der Waals surface area contributed by atoms with Crippen molar-refractivity contribution >= 4 is 33.1 Å². The average molecular weight is 398 g/mol. The van der Waals surface area contributed by atoms with Gasteiger partial charge in [0, 0.05) is 37.6 Å². The van der Waals surface area contributed by atoms with E-state index in [9.17, 15) is 9.59 Å². The smallest absolute Gasteiger partial charge is 0.319 e. The van der Waals surface area contributed by atoms with E-state index in [0.29, 0.717) is 17.4 Å². The quantitative estimate of drug-likeness (QED) is 0.705. The van der Waals surface area contributed by atoms with E-state index >= 15 is 0 Å². The van der Waals surface area contributed by atoms with E-state index in [4.69, 9.17) is 0 Å². The van der Waals surface area contributed by atoms with Gasteiger partial charge in [-0.25, -0.2) is 9.78 Å². The van der Waals surface area contributed by atoms with Crippen LogP contribution in [0.25, 0.3) is 4.96 Å². The molecule has 0 saturated carbocycles. The Labute approximate surface area is 166 Å². The topological polar surface area (TPSA) is 91.6 Å². The summed E-state index contributed by atoms with van der Waals surface area (Å²) in [6.45, 7) is 4.29. The molecule has 2 amide bonds. The summed E-state index contributed by atoms with van der Waals surface area (Å²) in [5, 5.41) is 11.0. The van der Waals surface area contributed by atoms with Crippen LogP contribution in [-0.2, 0) is 0 Å². The predicted molar refractivity (Wildman–Crippen MR) is 110 cm³/mol. The standard InChI is InChI=1S/C19H22N6O2S/c1-13-4-6-15(7-5-13)22-17(27)21-11-14-3-2-10-24(12-14)19-23-25-16(26)8-9-20-18(25)28-19/h4-9,14H,2-3,10-12H2,1H3,(H2,21,22,27). The summed E-state index contributed by atoms with van der Waals surface area (Å²) < 4.78 is 1.34. The number of fused-ring (bicyclic) bond motifs is 1. The Bertz CT molecular complexity index is 1030. The highest BCUT2D eigenvalue weighted by Gasteiger charge is 2.23. The average Bonchev–Trinajstić information content (AvgIpc) is 3.14. The van der Waals surface area contributed by atoms with Gasteiger partial charge in [-0.05, 0) is 37.8 Å². The molecule has 28 heavy (non-hydrogen) atoms. The minimum atomic E-state index is -0.197. The fourth-order valence-corrected chi connectivity index (χ4v) is 4.23. The molecule has 1 saturated heterocycles. The molecule has 3 heterocycles. The Morgan fingerprint density at radius 1 is 1.29 bits per heavy atom. The molecule has 1 aliphatic heterocycles. The highest BCUT2D eigenvalue weighted by Crippen LogP contribution is 2.26. The van der Waals surface area contributed by atoms with Crippen molar-refractivity contribution in [2.45, 2.75) is 19.8 Å². The van der Waals surface area contributed by atoms with Crippen LogP contribution >= 0.6 is 11.3 Å². The molecule has 0 spiro atoms. The second-order valence-corrected chi connectivity index (χ2v) is 7.95. The lowest BCUT2D eigenvalue weighted by atomic mass is 9.98. The van der Waals surface area contributed by atoms with E-state index in [-0.39, 0.29) is 11.6 Å². The van der Waals surface area contributed by atoms with Crippen LogP contribution in [0.3, 0.4) is 0 Å². The molecule has 1 aromatic carbocycles. The van der Waals surface area contributed by atoms with Crippen molar-refractivity contribution in [2.24, 2.45) is 5.92 Å². The van der Waals surface area contributed by atoms with Crippen molar-refractivity contribution in [2.75, 3.05) is 29.9 Å². The van der Waals surface area contributed by atoms with Gasteiger partial charge < -0.3 is 15.5 Å². The minimum absolute atomic E-state index is 0.171. The van der Waals surface area contributed by atoms with Crippen LogP contribution in [0.15, 0.2) is 41.3 Å². The molecule has 2 N–H and O–H groups in total. The molecule has 0 radical (unpaired) electrons. The number of urea groups is 1. The van der Waals surface area contributed by atoms with Gasteiger partial charge in [-0.2, -0.15) is 4.52 Å². The first-order valence-electron chi connectivity index (χ1n) is 9.30. The van der Waals surface area contributed by atoms with E-state index in [1.54, 1.807) is 0 Å². The fourth-order valence-electron chi connectivity index (χ4n) is 3.32. The summed E-state index contributed by atoms with van der Waals surface area (Å²) in [5.74, 6) is 0.328. The van der Waals surface area contributed by atoms with E-state index in [1.165, 1.54) is 28.1 Å². The largest absolute Gasteiger partial charge is 0.346 e. The zero-order chi connectivity index (χ0) is 19.5. The maximum Gasteiger partial charge on any atom is 0.319 e. The maximum absolute atomic E-state index is 12.2. The molecule has 3 aromatic rings. The number of aromatic nitrogens is 3. The number of aryl methyl sites for hydroxylation is 1. The van der Waals surface area contributed by atoms with Crippen molar-refractivity contribution in [1.29, 1.82) is 0 Å². The summed E-state index contributed by atoms with van der Waals surface area (Å²) in [7, 11) is 0. The Morgan fingerprint density at radius 2 is 2.11 bits per heavy atom. The number of nitrogens with one attached hydrogen (secondary N) is 2. The van der Waals surface area contributed by atoms with E-state index in [2.05, 4.69) is 25.6 Å². The second kappa shape index (κ2) is 7.97. The van der Waals surface area contributed by atoms with Crippen molar-refractivity contribution in [3.05, 3.63) is 52.4 Å². The third-order valence-electron chi connectivity index (χ3n) is 4.81. The number of hydrogen-bond acceptors (Lipinski definition) is 6. The monoisotopic (exact) mass is 398 g/mol. The lowest BCUT2D eigenvalue weighted by molar-refractivity contribution is 0.249. The normalized spacial score (nSPS) is 16.9.